The van der Waals surface area contributed by atoms with Gasteiger partial charge in [0.25, 0.3) is 0 Å². The number of hydrogen-bond donors (Lipinski definition) is 1. The van der Waals surface area contributed by atoms with Crippen LogP contribution in [0, 0.1) is 6.92 Å². The van der Waals surface area contributed by atoms with Gasteiger partial charge in [-0.25, -0.2) is 9.97 Å². The van der Waals surface area contributed by atoms with Crippen LogP contribution in [0.1, 0.15) is 51.4 Å². The lowest BCUT2D eigenvalue weighted by atomic mass is 10.1. The third kappa shape index (κ3) is 3.64. The number of hydrogen-bond acceptors (Lipinski definition) is 5. The Hall–Kier alpha value is -1.36. The fourth-order valence-electron chi connectivity index (χ4n) is 2.59. The van der Waals surface area contributed by atoms with E-state index in [1.54, 1.807) is 0 Å². The molecule has 1 unspecified atom stereocenters. The molecule has 0 amide bonds. The molecule has 1 aliphatic heterocycles. The van der Waals surface area contributed by atoms with Gasteiger partial charge in [0.15, 0.2) is 0 Å². The third-order valence-corrected chi connectivity index (χ3v) is 3.89. The van der Waals surface area contributed by atoms with Gasteiger partial charge in [-0.15, -0.1) is 0 Å². The van der Waals surface area contributed by atoms with Gasteiger partial charge < -0.3 is 15.0 Å². The Morgan fingerprint density at radius 3 is 2.71 bits per heavy atom. The number of rotatable bonds is 5. The molecule has 1 N–H and O–H groups in total. The highest BCUT2D eigenvalue weighted by atomic mass is 16.5. The van der Waals surface area contributed by atoms with Gasteiger partial charge in [-0.05, 0) is 20.3 Å². The van der Waals surface area contributed by atoms with E-state index in [9.17, 15) is 0 Å². The fraction of sp³-hybridized carbons (Fsp3) is 0.750. The van der Waals surface area contributed by atoms with Gasteiger partial charge in [0.1, 0.15) is 17.5 Å². The van der Waals surface area contributed by atoms with E-state index >= 15 is 0 Å². The number of nitrogens with one attached hydrogen (secondary N) is 1. The van der Waals surface area contributed by atoms with Crippen molar-refractivity contribution in [3.05, 3.63) is 11.4 Å². The van der Waals surface area contributed by atoms with Crippen molar-refractivity contribution < 1.29 is 4.74 Å². The average Bonchev–Trinajstić information content (AvgIpc) is 2.49. The zero-order chi connectivity index (χ0) is 15.4. The van der Waals surface area contributed by atoms with Crippen molar-refractivity contribution >= 4 is 11.6 Å². The second-order valence-corrected chi connectivity index (χ2v) is 5.91. The highest BCUT2D eigenvalue weighted by Crippen LogP contribution is 2.27. The Kier molecular flexibility index (Phi) is 5.39. The Labute approximate surface area is 128 Å². The lowest BCUT2D eigenvalue weighted by Gasteiger charge is -2.34. The topological polar surface area (TPSA) is 50.3 Å². The summed E-state index contributed by atoms with van der Waals surface area (Å²) in [7, 11) is 0. The van der Waals surface area contributed by atoms with Crippen molar-refractivity contribution in [3.63, 3.8) is 0 Å². The normalized spacial score (nSPS) is 19.1. The maximum absolute atomic E-state index is 5.77. The summed E-state index contributed by atoms with van der Waals surface area (Å²) in [5.74, 6) is 3.26. The third-order valence-electron chi connectivity index (χ3n) is 3.89. The van der Waals surface area contributed by atoms with Crippen LogP contribution in [-0.2, 0) is 4.74 Å². The molecule has 2 rings (SSSR count). The van der Waals surface area contributed by atoms with Crippen LogP contribution in [0.3, 0.4) is 0 Å². The first kappa shape index (κ1) is 16.0. The molecule has 1 aliphatic rings. The van der Waals surface area contributed by atoms with Crippen LogP contribution in [0.5, 0.6) is 0 Å². The van der Waals surface area contributed by atoms with Gasteiger partial charge >= 0.3 is 0 Å². The number of anilines is 2. The zero-order valence-electron chi connectivity index (χ0n) is 13.9. The summed E-state index contributed by atoms with van der Waals surface area (Å²) >= 11 is 0. The highest BCUT2D eigenvalue weighted by molar-refractivity contribution is 5.59. The first-order chi connectivity index (χ1) is 10.1. The van der Waals surface area contributed by atoms with E-state index in [-0.39, 0.29) is 0 Å². The quantitative estimate of drug-likeness (QED) is 0.904. The van der Waals surface area contributed by atoms with Crippen LogP contribution in [0.2, 0.25) is 0 Å². The van der Waals surface area contributed by atoms with Gasteiger partial charge in [0, 0.05) is 31.1 Å². The van der Waals surface area contributed by atoms with Gasteiger partial charge in [0.05, 0.1) is 12.7 Å². The number of nitrogens with zero attached hydrogens (tertiary/aromatic N) is 3. The van der Waals surface area contributed by atoms with Crippen LogP contribution in [-0.4, -0.2) is 42.3 Å². The Morgan fingerprint density at radius 1 is 1.33 bits per heavy atom. The van der Waals surface area contributed by atoms with Crippen molar-refractivity contribution in [2.24, 2.45) is 0 Å². The molecule has 0 radical (unpaired) electrons. The van der Waals surface area contributed by atoms with Crippen LogP contribution in [0.25, 0.3) is 0 Å². The van der Waals surface area contributed by atoms with Gasteiger partial charge in [-0.2, -0.15) is 0 Å². The highest BCUT2D eigenvalue weighted by Gasteiger charge is 2.23. The van der Waals surface area contributed by atoms with E-state index in [2.05, 4.69) is 49.8 Å². The van der Waals surface area contributed by atoms with E-state index in [0.717, 1.165) is 55.7 Å². The number of morpholine rings is 1. The van der Waals surface area contributed by atoms with Gasteiger partial charge in [0.2, 0.25) is 0 Å². The van der Waals surface area contributed by atoms with E-state index < -0.39 is 0 Å². The molecule has 1 atom stereocenters. The molecule has 1 fully saturated rings. The van der Waals surface area contributed by atoms with E-state index in [1.807, 2.05) is 0 Å². The second kappa shape index (κ2) is 7.07. The Balaban J connectivity index is 2.36. The molecule has 5 heteroatoms. The molecule has 0 saturated carbocycles. The summed E-state index contributed by atoms with van der Waals surface area (Å²) in [6.07, 6.45) is 1.34. The summed E-state index contributed by atoms with van der Waals surface area (Å²) < 4.78 is 5.77. The predicted molar refractivity (Wildman–Crippen MR) is 87.3 cm³/mol. The summed E-state index contributed by atoms with van der Waals surface area (Å²) in [4.78, 5) is 11.9. The van der Waals surface area contributed by atoms with Gasteiger partial charge in [-0.3, -0.25) is 0 Å². The van der Waals surface area contributed by atoms with Crippen LogP contribution < -0.4 is 10.2 Å². The van der Waals surface area contributed by atoms with Crippen LogP contribution in [0.4, 0.5) is 11.6 Å². The molecule has 1 saturated heterocycles. The van der Waals surface area contributed by atoms with Crippen molar-refractivity contribution in [1.29, 1.82) is 0 Å². The van der Waals surface area contributed by atoms with Crippen molar-refractivity contribution in [2.75, 3.05) is 36.5 Å². The lowest BCUT2D eigenvalue weighted by Crippen LogP contribution is -2.43. The minimum atomic E-state index is 0.304. The largest absolute Gasteiger partial charge is 0.375 e. The van der Waals surface area contributed by atoms with E-state index in [0.29, 0.717) is 12.0 Å². The van der Waals surface area contributed by atoms with Crippen molar-refractivity contribution in [2.45, 2.75) is 53.1 Å². The molecule has 1 aromatic heterocycles. The maximum Gasteiger partial charge on any atom is 0.137 e. The second-order valence-electron chi connectivity index (χ2n) is 5.91. The standard InChI is InChI=1S/C16H28N4O/c1-6-13-10-20(8-9-21-13)16-12(5)15(17-7-2)18-14(19-16)11(3)4/h11,13H,6-10H2,1-5H3,(H,17,18,19). The number of ether oxygens (including phenoxy) is 1. The van der Waals surface area contributed by atoms with Gasteiger partial charge in [-0.1, -0.05) is 20.8 Å². The number of aromatic nitrogens is 2. The lowest BCUT2D eigenvalue weighted by molar-refractivity contribution is 0.0381. The molecule has 0 aliphatic carbocycles. The molecule has 2 heterocycles. The molecule has 1 aromatic rings. The SMILES string of the molecule is CCNc1nc(C(C)C)nc(N2CCOC(CC)C2)c1C. The molecular formula is C16H28N4O. The Morgan fingerprint density at radius 2 is 2.10 bits per heavy atom. The first-order valence-electron chi connectivity index (χ1n) is 8.05. The smallest absolute Gasteiger partial charge is 0.137 e. The molecule has 118 valence electrons. The molecular weight excluding hydrogens is 264 g/mol. The molecule has 0 aromatic carbocycles. The summed E-state index contributed by atoms with van der Waals surface area (Å²) in [6, 6.07) is 0. The minimum Gasteiger partial charge on any atom is -0.375 e. The molecule has 5 nitrogen and oxygen atoms in total. The van der Waals surface area contributed by atoms with E-state index in [4.69, 9.17) is 9.72 Å². The summed E-state index contributed by atoms with van der Waals surface area (Å²) in [5, 5.41) is 3.37. The predicted octanol–water partition coefficient (Wildman–Crippen LogP) is 2.96. The zero-order valence-corrected chi connectivity index (χ0v) is 13.9. The summed E-state index contributed by atoms with van der Waals surface area (Å²) in [6.45, 7) is 14.1. The summed E-state index contributed by atoms with van der Waals surface area (Å²) in [5.41, 5.74) is 1.14. The molecule has 0 bridgehead atoms. The maximum atomic E-state index is 5.77. The Bertz CT molecular complexity index is 476. The van der Waals surface area contributed by atoms with Crippen LogP contribution >= 0.6 is 0 Å². The minimum absolute atomic E-state index is 0.304. The monoisotopic (exact) mass is 292 g/mol. The molecule has 21 heavy (non-hydrogen) atoms. The van der Waals surface area contributed by atoms with Crippen molar-refractivity contribution in [3.8, 4) is 0 Å². The average molecular weight is 292 g/mol. The van der Waals surface area contributed by atoms with E-state index in [1.165, 1.54) is 0 Å². The van der Waals surface area contributed by atoms with Crippen molar-refractivity contribution in [1.82, 2.24) is 9.97 Å². The fourth-order valence-corrected chi connectivity index (χ4v) is 2.59. The first-order valence-corrected chi connectivity index (χ1v) is 8.05. The van der Waals surface area contributed by atoms with Crippen LogP contribution in [0.15, 0.2) is 0 Å². The molecule has 0 spiro atoms.